The third-order valence-electron chi connectivity index (χ3n) is 2.83. The van der Waals surface area contributed by atoms with Gasteiger partial charge >= 0.3 is 6.09 Å². The Morgan fingerprint density at radius 1 is 1.40 bits per heavy atom. The van der Waals surface area contributed by atoms with E-state index in [-0.39, 0.29) is 6.54 Å². The van der Waals surface area contributed by atoms with Gasteiger partial charge in [-0.05, 0) is 31.9 Å². The van der Waals surface area contributed by atoms with Crippen molar-refractivity contribution in [1.82, 2.24) is 5.06 Å². The number of fused-ring (bicyclic) bond motifs is 1. The second-order valence-electron chi connectivity index (χ2n) is 5.60. The molecule has 0 bridgehead atoms. The number of nitrogens with zero attached hydrogens (tertiary/aromatic N) is 1. The van der Waals surface area contributed by atoms with Gasteiger partial charge in [-0.3, -0.25) is 4.84 Å². The predicted molar refractivity (Wildman–Crippen MR) is 76.7 cm³/mol. The summed E-state index contributed by atoms with van der Waals surface area (Å²) < 4.78 is 5.32. The molecule has 1 aromatic carbocycles. The minimum atomic E-state index is -0.558. The van der Waals surface area contributed by atoms with Gasteiger partial charge in [0.25, 0.3) is 0 Å². The lowest BCUT2D eigenvalue weighted by Crippen LogP contribution is -2.36. The molecule has 0 aromatic heterocycles. The Morgan fingerprint density at radius 3 is 2.75 bits per heavy atom. The first-order valence-corrected chi connectivity index (χ1v) is 6.51. The molecule has 1 amide bonds. The van der Waals surface area contributed by atoms with Crippen LogP contribution >= 0.6 is 0 Å². The highest BCUT2D eigenvalue weighted by Gasteiger charge is 2.27. The van der Waals surface area contributed by atoms with Crippen molar-refractivity contribution in [3.8, 4) is 0 Å². The van der Waals surface area contributed by atoms with Crippen molar-refractivity contribution in [1.29, 1.82) is 0 Å². The smallest absolute Gasteiger partial charge is 0.434 e. The van der Waals surface area contributed by atoms with Crippen molar-refractivity contribution in [2.24, 2.45) is 0 Å². The van der Waals surface area contributed by atoms with Gasteiger partial charge in [0.2, 0.25) is 0 Å². The molecule has 0 unspecified atom stereocenters. The summed E-state index contributed by atoms with van der Waals surface area (Å²) in [6.07, 6.45) is -0.502. The van der Waals surface area contributed by atoms with Crippen molar-refractivity contribution >= 4 is 11.7 Å². The van der Waals surface area contributed by atoms with Crippen molar-refractivity contribution < 1.29 is 14.4 Å². The van der Waals surface area contributed by atoms with E-state index in [0.29, 0.717) is 6.61 Å². The Hall–Kier alpha value is -2.03. The average molecular weight is 273 g/mol. The number of carbonyl (C=O) groups excluding carboxylic acids is 1. The minimum absolute atomic E-state index is 0.273. The highest BCUT2D eigenvalue weighted by Crippen LogP contribution is 2.25. The van der Waals surface area contributed by atoms with Crippen LogP contribution in [0.1, 0.15) is 31.9 Å². The molecule has 20 heavy (non-hydrogen) atoms. The molecule has 0 saturated heterocycles. The first-order valence-electron chi connectivity index (χ1n) is 6.51. The molecule has 1 aliphatic rings. The lowest BCUT2D eigenvalue weighted by Gasteiger charge is -2.25. The fraction of sp³-hybridized carbons (Fsp3) is 0.375. The van der Waals surface area contributed by atoms with Gasteiger partial charge in [0, 0.05) is 5.57 Å². The first-order chi connectivity index (χ1) is 9.40. The summed E-state index contributed by atoms with van der Waals surface area (Å²) in [7, 11) is 0. The molecule has 0 saturated carbocycles. The van der Waals surface area contributed by atoms with Crippen LogP contribution in [0.15, 0.2) is 36.6 Å². The average Bonchev–Trinajstić information content (AvgIpc) is 2.56. The van der Waals surface area contributed by atoms with Crippen molar-refractivity contribution in [3.05, 3.63) is 47.7 Å². The molecule has 4 heteroatoms. The van der Waals surface area contributed by atoms with Gasteiger partial charge in [0.1, 0.15) is 12.2 Å². The third-order valence-corrected chi connectivity index (χ3v) is 2.83. The SMILES string of the molecule is C=C=C1CN(C(=O)OC(C)(C)C)OCc2ccccc21. The number of hydroxylamine groups is 2. The molecule has 0 fully saturated rings. The number of rotatable bonds is 0. The number of carbonyl (C=O) groups is 1. The van der Waals surface area contributed by atoms with E-state index in [9.17, 15) is 4.79 Å². The largest absolute Gasteiger partial charge is 0.442 e. The van der Waals surface area contributed by atoms with Gasteiger partial charge in [0.05, 0.1) is 6.54 Å². The Bertz CT molecular complexity index is 565. The fourth-order valence-electron chi connectivity index (χ4n) is 1.94. The molecule has 1 aliphatic heterocycles. The van der Waals surface area contributed by atoms with E-state index in [1.807, 2.05) is 45.0 Å². The van der Waals surface area contributed by atoms with Crippen LogP contribution in [0.3, 0.4) is 0 Å². The Balaban J connectivity index is 2.23. The molecule has 0 spiro atoms. The molecule has 4 nitrogen and oxygen atoms in total. The molecule has 106 valence electrons. The fourth-order valence-corrected chi connectivity index (χ4v) is 1.94. The first kappa shape index (κ1) is 14.4. The zero-order valence-corrected chi connectivity index (χ0v) is 12.1. The maximum absolute atomic E-state index is 12.1. The van der Waals surface area contributed by atoms with Crippen molar-refractivity contribution in [3.63, 3.8) is 0 Å². The summed E-state index contributed by atoms with van der Waals surface area (Å²) in [5, 5.41) is 1.22. The van der Waals surface area contributed by atoms with Crippen LogP contribution in [0.5, 0.6) is 0 Å². The summed E-state index contributed by atoms with van der Waals surface area (Å²) in [5.74, 6) is 0. The number of amides is 1. The minimum Gasteiger partial charge on any atom is -0.442 e. The molecular weight excluding hydrogens is 254 g/mol. The number of benzene rings is 1. The summed E-state index contributed by atoms with van der Waals surface area (Å²) in [5.41, 5.74) is 5.16. The third kappa shape index (κ3) is 3.29. The number of ether oxygens (including phenoxy) is 1. The van der Waals surface area contributed by atoms with Crippen LogP contribution in [0.4, 0.5) is 4.79 Å². The molecule has 2 rings (SSSR count). The second kappa shape index (κ2) is 5.53. The number of hydrogen-bond acceptors (Lipinski definition) is 3. The molecule has 1 heterocycles. The van der Waals surface area contributed by atoms with E-state index in [1.165, 1.54) is 5.06 Å². The van der Waals surface area contributed by atoms with E-state index < -0.39 is 11.7 Å². The Labute approximate surface area is 119 Å². The lowest BCUT2D eigenvalue weighted by atomic mass is 10.0. The van der Waals surface area contributed by atoms with E-state index >= 15 is 0 Å². The van der Waals surface area contributed by atoms with Gasteiger partial charge in [-0.25, -0.2) is 4.79 Å². The van der Waals surface area contributed by atoms with E-state index in [2.05, 4.69) is 12.3 Å². The maximum Gasteiger partial charge on any atom is 0.434 e. The molecule has 0 atom stereocenters. The van der Waals surface area contributed by atoms with E-state index in [0.717, 1.165) is 16.7 Å². The van der Waals surface area contributed by atoms with Gasteiger partial charge in [0.15, 0.2) is 0 Å². The van der Waals surface area contributed by atoms with Crippen molar-refractivity contribution in [2.75, 3.05) is 6.54 Å². The summed E-state index contributed by atoms with van der Waals surface area (Å²) in [4.78, 5) is 17.6. The number of hydrogen-bond donors (Lipinski definition) is 0. The highest BCUT2D eigenvalue weighted by atomic mass is 16.7. The summed E-state index contributed by atoms with van der Waals surface area (Å²) >= 11 is 0. The van der Waals surface area contributed by atoms with E-state index in [1.54, 1.807) is 0 Å². The van der Waals surface area contributed by atoms with Gasteiger partial charge < -0.3 is 4.74 Å². The summed E-state index contributed by atoms with van der Waals surface area (Å²) in [6.45, 7) is 9.75. The zero-order valence-electron chi connectivity index (χ0n) is 12.1. The predicted octanol–water partition coefficient (Wildman–Crippen LogP) is 3.54. The highest BCUT2D eigenvalue weighted by molar-refractivity contribution is 5.74. The lowest BCUT2D eigenvalue weighted by molar-refractivity contribution is -0.146. The second-order valence-corrected chi connectivity index (χ2v) is 5.60. The Morgan fingerprint density at radius 2 is 2.10 bits per heavy atom. The quantitative estimate of drug-likeness (QED) is 0.679. The molecule has 1 aromatic rings. The monoisotopic (exact) mass is 273 g/mol. The summed E-state index contributed by atoms with van der Waals surface area (Å²) in [6, 6.07) is 7.82. The molecule has 0 aliphatic carbocycles. The van der Waals surface area contributed by atoms with Crippen LogP contribution in [0.2, 0.25) is 0 Å². The Kier molecular flexibility index (Phi) is 3.98. The van der Waals surface area contributed by atoms with Crippen LogP contribution < -0.4 is 0 Å². The molecule has 0 radical (unpaired) electrons. The van der Waals surface area contributed by atoms with Crippen LogP contribution in [-0.2, 0) is 16.2 Å². The normalized spacial score (nSPS) is 15.2. The topological polar surface area (TPSA) is 38.8 Å². The maximum atomic E-state index is 12.1. The zero-order chi connectivity index (χ0) is 14.8. The van der Waals surface area contributed by atoms with Crippen molar-refractivity contribution in [2.45, 2.75) is 33.0 Å². The van der Waals surface area contributed by atoms with Crippen LogP contribution in [-0.4, -0.2) is 23.3 Å². The van der Waals surface area contributed by atoms with E-state index in [4.69, 9.17) is 9.57 Å². The standard InChI is InChI=1S/C16H19NO3/c1-5-12-10-17(15(18)20-16(2,3)4)19-11-13-8-6-7-9-14(12)13/h6-9H,1,10-11H2,2-4H3. The molecule has 0 N–H and O–H groups in total. The van der Waals surface area contributed by atoms with Gasteiger partial charge in [-0.1, -0.05) is 30.8 Å². The van der Waals surface area contributed by atoms with Crippen LogP contribution in [0.25, 0.3) is 5.57 Å². The van der Waals surface area contributed by atoms with Gasteiger partial charge in [-0.2, -0.15) is 5.06 Å². The van der Waals surface area contributed by atoms with Gasteiger partial charge in [-0.15, -0.1) is 5.73 Å². The van der Waals surface area contributed by atoms with Crippen LogP contribution in [0, 0.1) is 0 Å². The molecular formula is C16H19NO3.